The SMILES string of the molecule is CC(C)(C)OP(=O)(Oc1cnccc1CO)OC(C)(C)C. The molecule has 0 bridgehead atoms. The third-order valence-corrected chi connectivity index (χ3v) is 3.98. The summed E-state index contributed by atoms with van der Waals surface area (Å²) < 4.78 is 29.4. The summed E-state index contributed by atoms with van der Waals surface area (Å²) in [7, 11) is -3.88. The first kappa shape index (κ1) is 18.1. The molecule has 7 heteroatoms. The van der Waals surface area contributed by atoms with Gasteiger partial charge in [0, 0.05) is 11.8 Å². The van der Waals surface area contributed by atoms with E-state index in [2.05, 4.69) is 4.98 Å². The molecule has 0 aliphatic carbocycles. The van der Waals surface area contributed by atoms with Gasteiger partial charge in [0.25, 0.3) is 0 Å². The summed E-state index contributed by atoms with van der Waals surface area (Å²) in [5, 5.41) is 9.30. The second kappa shape index (κ2) is 6.44. The van der Waals surface area contributed by atoms with Crippen LogP contribution in [0.1, 0.15) is 47.1 Å². The van der Waals surface area contributed by atoms with E-state index in [1.807, 2.05) is 0 Å². The van der Waals surface area contributed by atoms with Crippen molar-refractivity contribution in [2.75, 3.05) is 0 Å². The van der Waals surface area contributed by atoms with Crippen LogP contribution in [-0.4, -0.2) is 21.3 Å². The second-order valence-corrected chi connectivity index (χ2v) is 8.03. The number of aliphatic hydroxyl groups excluding tert-OH is 1. The first-order chi connectivity index (χ1) is 9.44. The van der Waals surface area contributed by atoms with Crippen LogP contribution < -0.4 is 4.52 Å². The molecule has 0 radical (unpaired) electrons. The molecule has 0 saturated heterocycles. The quantitative estimate of drug-likeness (QED) is 0.834. The number of phosphoric acid groups is 1. The second-order valence-electron chi connectivity index (χ2n) is 6.59. The van der Waals surface area contributed by atoms with Crippen molar-refractivity contribution in [3.05, 3.63) is 24.0 Å². The summed E-state index contributed by atoms with van der Waals surface area (Å²) in [6.07, 6.45) is 2.88. The normalized spacial score (nSPS) is 13.3. The Labute approximate surface area is 126 Å². The molecular weight excluding hydrogens is 293 g/mol. The van der Waals surface area contributed by atoms with Gasteiger partial charge in [-0.15, -0.1) is 0 Å². The van der Waals surface area contributed by atoms with Crippen LogP contribution in [0.25, 0.3) is 0 Å². The van der Waals surface area contributed by atoms with Gasteiger partial charge in [0.1, 0.15) is 0 Å². The van der Waals surface area contributed by atoms with Gasteiger partial charge in [0.05, 0.1) is 24.0 Å². The summed E-state index contributed by atoms with van der Waals surface area (Å²) in [5.74, 6) is 0.178. The van der Waals surface area contributed by atoms with Gasteiger partial charge < -0.3 is 9.63 Å². The Hall–Kier alpha value is -0.940. The Bertz CT molecular complexity index is 499. The van der Waals surface area contributed by atoms with Crippen molar-refractivity contribution in [3.8, 4) is 5.75 Å². The Morgan fingerprint density at radius 2 is 1.67 bits per heavy atom. The van der Waals surface area contributed by atoms with Crippen LogP contribution in [-0.2, 0) is 20.2 Å². The highest BCUT2D eigenvalue weighted by atomic mass is 31.2. The molecule has 0 fully saturated rings. The fraction of sp³-hybridized carbons (Fsp3) is 0.643. The van der Waals surface area contributed by atoms with E-state index in [1.54, 1.807) is 47.6 Å². The number of aromatic nitrogens is 1. The number of rotatable bonds is 5. The number of phosphoric ester groups is 1. The van der Waals surface area contributed by atoms with Crippen LogP contribution in [0.4, 0.5) is 0 Å². The Morgan fingerprint density at radius 1 is 1.14 bits per heavy atom. The van der Waals surface area contributed by atoms with E-state index in [4.69, 9.17) is 13.6 Å². The van der Waals surface area contributed by atoms with Crippen molar-refractivity contribution in [1.82, 2.24) is 4.98 Å². The fourth-order valence-electron chi connectivity index (χ4n) is 1.47. The number of hydrogen-bond donors (Lipinski definition) is 1. The number of nitrogens with zero attached hydrogens (tertiary/aromatic N) is 1. The molecule has 0 aromatic carbocycles. The maximum Gasteiger partial charge on any atom is 0.531 e. The van der Waals surface area contributed by atoms with Crippen molar-refractivity contribution in [3.63, 3.8) is 0 Å². The van der Waals surface area contributed by atoms with Gasteiger partial charge in [0.2, 0.25) is 0 Å². The molecule has 1 N–H and O–H groups in total. The molecule has 0 spiro atoms. The molecule has 6 nitrogen and oxygen atoms in total. The Morgan fingerprint density at radius 3 is 2.10 bits per heavy atom. The fourth-order valence-corrected chi connectivity index (χ4v) is 3.33. The van der Waals surface area contributed by atoms with E-state index >= 15 is 0 Å². The highest BCUT2D eigenvalue weighted by molar-refractivity contribution is 7.49. The van der Waals surface area contributed by atoms with E-state index in [-0.39, 0.29) is 12.4 Å². The summed E-state index contributed by atoms with van der Waals surface area (Å²) >= 11 is 0. The monoisotopic (exact) mass is 317 g/mol. The molecule has 21 heavy (non-hydrogen) atoms. The first-order valence-corrected chi connectivity index (χ1v) is 8.15. The maximum atomic E-state index is 12.9. The molecule has 0 atom stereocenters. The molecule has 1 heterocycles. The highest BCUT2D eigenvalue weighted by Gasteiger charge is 2.39. The zero-order valence-electron chi connectivity index (χ0n) is 13.4. The summed E-state index contributed by atoms with van der Waals surface area (Å²) in [4.78, 5) is 3.90. The average Bonchev–Trinajstić information content (AvgIpc) is 2.23. The maximum absolute atomic E-state index is 12.9. The molecule has 120 valence electrons. The lowest BCUT2D eigenvalue weighted by Crippen LogP contribution is -2.25. The summed E-state index contributed by atoms with van der Waals surface area (Å²) in [6, 6.07) is 1.58. The molecule has 1 rings (SSSR count). The average molecular weight is 317 g/mol. The van der Waals surface area contributed by atoms with Gasteiger partial charge in [-0.1, -0.05) is 0 Å². The van der Waals surface area contributed by atoms with Crippen molar-refractivity contribution in [2.45, 2.75) is 59.4 Å². The van der Waals surface area contributed by atoms with Crippen LogP contribution >= 0.6 is 7.82 Å². The van der Waals surface area contributed by atoms with Crippen LogP contribution in [0, 0.1) is 0 Å². The standard InChI is InChI=1S/C14H24NO5P/c1-13(2,3)19-21(17,20-14(4,5)6)18-12-9-15-8-7-11(12)10-16/h7-9,16H,10H2,1-6H3. The van der Waals surface area contributed by atoms with Crippen molar-refractivity contribution in [2.24, 2.45) is 0 Å². The van der Waals surface area contributed by atoms with E-state index in [0.29, 0.717) is 5.56 Å². The van der Waals surface area contributed by atoms with Crippen LogP contribution in [0.3, 0.4) is 0 Å². The first-order valence-electron chi connectivity index (χ1n) is 6.69. The Kier molecular flexibility index (Phi) is 5.56. The van der Waals surface area contributed by atoms with Crippen LogP contribution in [0.5, 0.6) is 5.75 Å². The third-order valence-electron chi connectivity index (χ3n) is 2.02. The molecule has 0 aliphatic rings. The zero-order chi connectivity index (χ0) is 16.3. The van der Waals surface area contributed by atoms with Crippen LogP contribution in [0.2, 0.25) is 0 Å². The minimum atomic E-state index is -3.88. The van der Waals surface area contributed by atoms with Gasteiger partial charge in [-0.3, -0.25) is 14.0 Å². The van der Waals surface area contributed by atoms with Crippen LogP contribution in [0.15, 0.2) is 18.5 Å². The van der Waals surface area contributed by atoms with Gasteiger partial charge in [-0.25, -0.2) is 4.57 Å². The lowest BCUT2D eigenvalue weighted by Gasteiger charge is -2.31. The molecule has 0 saturated carbocycles. The van der Waals surface area contributed by atoms with Gasteiger partial charge in [-0.05, 0) is 47.6 Å². The summed E-state index contributed by atoms with van der Waals surface area (Å²) in [5.41, 5.74) is -0.981. The summed E-state index contributed by atoms with van der Waals surface area (Å²) in [6.45, 7) is 10.3. The third kappa shape index (κ3) is 6.57. The molecular formula is C14H24NO5P. The minimum absolute atomic E-state index is 0.178. The van der Waals surface area contributed by atoms with Crippen molar-refractivity contribution >= 4 is 7.82 Å². The minimum Gasteiger partial charge on any atom is -0.402 e. The number of aliphatic hydroxyl groups is 1. The van der Waals surface area contributed by atoms with E-state index in [9.17, 15) is 9.67 Å². The smallest absolute Gasteiger partial charge is 0.402 e. The molecule has 1 aromatic rings. The molecule has 0 aliphatic heterocycles. The predicted molar refractivity (Wildman–Crippen MR) is 80.1 cm³/mol. The van der Waals surface area contributed by atoms with E-state index in [0.717, 1.165) is 0 Å². The Balaban J connectivity index is 3.10. The van der Waals surface area contributed by atoms with E-state index < -0.39 is 19.0 Å². The highest BCUT2D eigenvalue weighted by Crippen LogP contribution is 2.55. The topological polar surface area (TPSA) is 77.9 Å². The predicted octanol–water partition coefficient (Wildman–Crippen LogP) is 3.69. The van der Waals surface area contributed by atoms with Crippen molar-refractivity contribution in [1.29, 1.82) is 0 Å². The van der Waals surface area contributed by atoms with E-state index in [1.165, 1.54) is 12.4 Å². The lowest BCUT2D eigenvalue weighted by molar-refractivity contribution is 0.0221. The van der Waals surface area contributed by atoms with Gasteiger partial charge in [0.15, 0.2) is 5.75 Å². The van der Waals surface area contributed by atoms with Gasteiger partial charge >= 0.3 is 7.82 Å². The lowest BCUT2D eigenvalue weighted by atomic mass is 10.2. The van der Waals surface area contributed by atoms with Crippen molar-refractivity contribution < 1.29 is 23.2 Å². The molecule has 0 unspecified atom stereocenters. The molecule has 1 aromatic heterocycles. The molecule has 0 amide bonds. The number of hydrogen-bond acceptors (Lipinski definition) is 6. The number of pyridine rings is 1. The van der Waals surface area contributed by atoms with Gasteiger partial charge in [-0.2, -0.15) is 0 Å². The largest absolute Gasteiger partial charge is 0.531 e. The zero-order valence-corrected chi connectivity index (χ0v) is 14.3.